The molecule has 0 heterocycles. The van der Waals surface area contributed by atoms with Crippen molar-refractivity contribution in [2.45, 2.75) is 13.5 Å². The monoisotopic (exact) mass is 304 g/mol. The average molecular weight is 305 g/mol. The van der Waals surface area contributed by atoms with Crippen molar-refractivity contribution >= 4 is 27.3 Å². The van der Waals surface area contributed by atoms with Crippen LogP contribution in [-0.2, 0) is 16.6 Å². The van der Waals surface area contributed by atoms with Gasteiger partial charge in [0, 0.05) is 18.1 Å². The van der Waals surface area contributed by atoms with Gasteiger partial charge in [0.15, 0.2) is 0 Å². The first kappa shape index (κ1) is 16.3. The zero-order valence-electron chi connectivity index (χ0n) is 11.6. The summed E-state index contributed by atoms with van der Waals surface area (Å²) >= 11 is 5.65. The second kappa shape index (κ2) is 7.12. The van der Waals surface area contributed by atoms with E-state index in [1.807, 2.05) is 44.1 Å². The normalized spacial score (nSPS) is 13.5. The summed E-state index contributed by atoms with van der Waals surface area (Å²) < 4.78 is 26.4. The van der Waals surface area contributed by atoms with Crippen molar-refractivity contribution in [3.8, 4) is 0 Å². The van der Waals surface area contributed by atoms with Gasteiger partial charge in [-0.15, -0.1) is 11.6 Å². The Bertz CT molecular complexity index is 503. The van der Waals surface area contributed by atoms with Gasteiger partial charge in [0.2, 0.25) is 10.0 Å². The molecular weight excluding hydrogens is 284 g/mol. The molecule has 0 fully saturated rings. The number of hydrogen-bond donors (Lipinski definition) is 1. The molecule has 1 aromatic carbocycles. The summed E-state index contributed by atoms with van der Waals surface area (Å²) in [5.74, 6) is 0.305. The average Bonchev–Trinajstić information content (AvgIpc) is 2.26. The lowest BCUT2D eigenvalue weighted by Gasteiger charge is -2.13. The predicted molar refractivity (Wildman–Crippen MR) is 81.1 cm³/mol. The third kappa shape index (κ3) is 6.27. The number of anilines is 1. The van der Waals surface area contributed by atoms with Crippen molar-refractivity contribution < 1.29 is 8.42 Å². The van der Waals surface area contributed by atoms with E-state index in [0.29, 0.717) is 11.6 Å². The molecule has 0 aromatic heterocycles. The lowest BCUT2D eigenvalue weighted by atomic mass is 10.2. The number of benzene rings is 1. The Morgan fingerprint density at radius 3 is 2.63 bits per heavy atom. The largest absolute Gasteiger partial charge is 0.305 e. The van der Waals surface area contributed by atoms with E-state index in [9.17, 15) is 8.42 Å². The number of sulfonamides is 1. The van der Waals surface area contributed by atoms with E-state index in [2.05, 4.69) is 4.72 Å². The molecule has 108 valence electrons. The topological polar surface area (TPSA) is 49.4 Å². The van der Waals surface area contributed by atoms with Gasteiger partial charge < -0.3 is 4.90 Å². The van der Waals surface area contributed by atoms with Crippen LogP contribution >= 0.6 is 11.6 Å². The first-order valence-corrected chi connectivity index (χ1v) is 8.31. The highest BCUT2D eigenvalue weighted by Crippen LogP contribution is 2.15. The van der Waals surface area contributed by atoms with Crippen molar-refractivity contribution in [1.82, 2.24) is 4.90 Å². The van der Waals surface area contributed by atoms with Gasteiger partial charge in [0.25, 0.3) is 0 Å². The minimum absolute atomic E-state index is 0.0361. The van der Waals surface area contributed by atoms with Crippen LogP contribution in [0.15, 0.2) is 24.3 Å². The molecule has 1 unspecified atom stereocenters. The second-order valence-corrected chi connectivity index (χ2v) is 7.16. The molecule has 0 amide bonds. The summed E-state index contributed by atoms with van der Waals surface area (Å²) in [5, 5.41) is 0. The minimum atomic E-state index is -3.34. The zero-order chi connectivity index (χ0) is 14.5. The number of hydrogen-bond acceptors (Lipinski definition) is 3. The fraction of sp³-hybridized carbons (Fsp3) is 0.538. The van der Waals surface area contributed by atoms with Gasteiger partial charge in [-0.3, -0.25) is 4.72 Å². The van der Waals surface area contributed by atoms with Crippen LogP contribution in [0.4, 0.5) is 5.69 Å². The lowest BCUT2D eigenvalue weighted by Crippen LogP contribution is -2.22. The van der Waals surface area contributed by atoms with Gasteiger partial charge in [0.1, 0.15) is 0 Å². The van der Waals surface area contributed by atoms with Crippen molar-refractivity contribution in [1.29, 1.82) is 0 Å². The molecule has 1 N–H and O–H groups in total. The van der Waals surface area contributed by atoms with Crippen LogP contribution in [-0.4, -0.2) is 39.0 Å². The maximum absolute atomic E-state index is 11.9. The maximum atomic E-state index is 11.9. The smallest absolute Gasteiger partial charge is 0.233 e. The molecule has 0 radical (unpaired) electrons. The highest BCUT2D eigenvalue weighted by molar-refractivity contribution is 7.92. The van der Waals surface area contributed by atoms with Crippen molar-refractivity contribution in [3.63, 3.8) is 0 Å². The molecule has 0 spiro atoms. The summed E-state index contributed by atoms with van der Waals surface area (Å²) in [6, 6.07) is 7.42. The van der Waals surface area contributed by atoms with E-state index in [1.165, 1.54) is 0 Å². The Hall–Kier alpha value is -0.780. The van der Waals surface area contributed by atoms with Gasteiger partial charge in [-0.25, -0.2) is 8.42 Å². The number of alkyl halides is 1. The van der Waals surface area contributed by atoms with E-state index in [4.69, 9.17) is 11.6 Å². The fourth-order valence-electron chi connectivity index (χ4n) is 1.74. The van der Waals surface area contributed by atoms with Gasteiger partial charge in [-0.1, -0.05) is 19.1 Å². The van der Waals surface area contributed by atoms with Crippen molar-refractivity contribution in [2.75, 3.05) is 30.5 Å². The van der Waals surface area contributed by atoms with E-state index in [1.54, 1.807) is 6.07 Å². The maximum Gasteiger partial charge on any atom is 0.233 e. The molecular formula is C13H21ClN2O2S. The van der Waals surface area contributed by atoms with Gasteiger partial charge in [-0.05, 0) is 37.7 Å². The molecule has 0 aliphatic heterocycles. The first-order valence-electron chi connectivity index (χ1n) is 6.12. The zero-order valence-corrected chi connectivity index (χ0v) is 13.1. The highest BCUT2D eigenvalue weighted by Gasteiger charge is 2.15. The van der Waals surface area contributed by atoms with Crippen LogP contribution in [0.3, 0.4) is 0 Å². The summed E-state index contributed by atoms with van der Waals surface area (Å²) in [7, 11) is 0.603. The number of rotatable bonds is 7. The molecule has 19 heavy (non-hydrogen) atoms. The molecule has 0 bridgehead atoms. The third-order valence-corrected chi connectivity index (χ3v) is 4.55. The minimum Gasteiger partial charge on any atom is -0.305 e. The Kier molecular flexibility index (Phi) is 6.10. The van der Waals surface area contributed by atoms with E-state index >= 15 is 0 Å². The molecule has 4 nitrogen and oxygen atoms in total. The summed E-state index contributed by atoms with van der Waals surface area (Å²) in [5.41, 5.74) is 1.66. The Morgan fingerprint density at radius 1 is 1.37 bits per heavy atom. The van der Waals surface area contributed by atoms with Gasteiger partial charge >= 0.3 is 0 Å². The summed E-state index contributed by atoms with van der Waals surface area (Å²) in [6.45, 7) is 2.59. The van der Waals surface area contributed by atoms with Crippen LogP contribution in [0.5, 0.6) is 0 Å². The Morgan fingerprint density at radius 2 is 2.05 bits per heavy atom. The highest BCUT2D eigenvalue weighted by atomic mass is 35.5. The molecule has 0 saturated carbocycles. The predicted octanol–water partition coefficient (Wildman–Crippen LogP) is 2.36. The standard InChI is InChI=1S/C13H21ClN2O2S/c1-11(8-14)10-19(17,18)15-13-6-4-5-12(7-13)9-16(2)3/h4-7,11,15H,8-10H2,1-3H3. The molecule has 0 aliphatic carbocycles. The summed E-state index contributed by atoms with van der Waals surface area (Å²) in [4.78, 5) is 2.03. The van der Waals surface area contributed by atoms with Crippen LogP contribution < -0.4 is 4.72 Å². The van der Waals surface area contributed by atoms with E-state index in [0.717, 1.165) is 12.1 Å². The lowest BCUT2D eigenvalue weighted by molar-refractivity contribution is 0.402. The van der Waals surface area contributed by atoms with Crippen LogP contribution in [0.2, 0.25) is 0 Å². The number of nitrogens with one attached hydrogen (secondary N) is 1. The van der Waals surface area contributed by atoms with Crippen LogP contribution in [0, 0.1) is 5.92 Å². The third-order valence-electron chi connectivity index (χ3n) is 2.47. The SMILES string of the molecule is CC(CCl)CS(=O)(=O)Nc1cccc(CN(C)C)c1. The molecule has 0 saturated heterocycles. The van der Waals surface area contributed by atoms with Crippen molar-refractivity contribution in [2.24, 2.45) is 5.92 Å². The first-order chi connectivity index (χ1) is 8.82. The Balaban J connectivity index is 2.76. The number of halogens is 1. The van der Waals surface area contributed by atoms with Crippen LogP contribution in [0.25, 0.3) is 0 Å². The summed E-state index contributed by atoms with van der Waals surface area (Å²) in [6.07, 6.45) is 0. The van der Waals surface area contributed by atoms with E-state index < -0.39 is 10.0 Å². The van der Waals surface area contributed by atoms with Gasteiger partial charge in [0.05, 0.1) is 5.75 Å². The van der Waals surface area contributed by atoms with Crippen LogP contribution in [0.1, 0.15) is 12.5 Å². The molecule has 1 aromatic rings. The molecule has 6 heteroatoms. The van der Waals surface area contributed by atoms with E-state index in [-0.39, 0.29) is 11.7 Å². The quantitative estimate of drug-likeness (QED) is 0.787. The van der Waals surface area contributed by atoms with Crippen molar-refractivity contribution in [3.05, 3.63) is 29.8 Å². The Labute approximate surface area is 120 Å². The molecule has 0 aliphatic rings. The molecule has 1 atom stereocenters. The van der Waals surface area contributed by atoms with Gasteiger partial charge in [-0.2, -0.15) is 0 Å². The number of nitrogens with zero attached hydrogens (tertiary/aromatic N) is 1. The second-order valence-electron chi connectivity index (χ2n) is 5.08. The fourth-order valence-corrected chi connectivity index (χ4v) is 3.41. The molecule has 1 rings (SSSR count).